The predicted molar refractivity (Wildman–Crippen MR) is 90.0 cm³/mol. The fourth-order valence-electron chi connectivity index (χ4n) is 2.83. The third kappa shape index (κ3) is 3.43. The van der Waals surface area contributed by atoms with E-state index in [2.05, 4.69) is 5.32 Å². The number of hydrogen-bond donors (Lipinski definition) is 1. The molecule has 8 heteroatoms. The summed E-state index contributed by atoms with van der Waals surface area (Å²) in [5.74, 6) is -0.320. The van der Waals surface area contributed by atoms with Crippen LogP contribution in [0.2, 0.25) is 0 Å². The normalized spacial score (nSPS) is 15.6. The van der Waals surface area contributed by atoms with Crippen LogP contribution in [0.5, 0.6) is 11.5 Å². The molecule has 0 spiro atoms. The Morgan fingerprint density at radius 2 is 1.92 bits per heavy atom. The number of carbonyl (C=O) groups excluding carboxylic acids is 3. The molecule has 2 amide bonds. The van der Waals surface area contributed by atoms with E-state index >= 15 is 0 Å². The third-order valence-electron chi connectivity index (χ3n) is 4.00. The molecule has 1 aromatic rings. The molecule has 0 bridgehead atoms. The lowest BCUT2D eigenvalue weighted by atomic mass is 10.1. The lowest BCUT2D eigenvalue weighted by Crippen LogP contribution is -2.43. The zero-order valence-corrected chi connectivity index (χ0v) is 14.3. The number of hydrogen-bond acceptors (Lipinski definition) is 6. The van der Waals surface area contributed by atoms with Gasteiger partial charge in [-0.25, -0.2) is 0 Å². The van der Waals surface area contributed by atoms with Gasteiger partial charge in [0.05, 0.1) is 24.5 Å². The van der Waals surface area contributed by atoms with E-state index in [4.69, 9.17) is 9.47 Å². The Balaban J connectivity index is 1.76. The molecule has 0 saturated carbocycles. The van der Waals surface area contributed by atoms with Crippen LogP contribution in [0.15, 0.2) is 12.1 Å². The first kappa shape index (κ1) is 17.2. The standard InChI is InChI=1S/C17H21N3O5/c1-3-4-18-15(21)9-19(2)10-20-12-8-14-13(24-5-6-25-14)7-11(12)16(22)17(20)23/h7-8H,3-6,9-10H2,1-2H3,(H,18,21). The molecule has 25 heavy (non-hydrogen) atoms. The number of benzene rings is 1. The van der Waals surface area contributed by atoms with Crippen molar-refractivity contribution in [3.05, 3.63) is 17.7 Å². The van der Waals surface area contributed by atoms with E-state index in [1.807, 2.05) is 6.92 Å². The molecule has 0 saturated heterocycles. The summed E-state index contributed by atoms with van der Waals surface area (Å²) in [6.07, 6.45) is 0.856. The first-order valence-electron chi connectivity index (χ1n) is 8.26. The van der Waals surface area contributed by atoms with Gasteiger partial charge in [-0.15, -0.1) is 0 Å². The highest BCUT2D eigenvalue weighted by molar-refractivity contribution is 6.52. The number of rotatable bonds is 6. The predicted octanol–water partition coefficient (Wildman–Crippen LogP) is 0.403. The Bertz CT molecular complexity index is 718. The first-order chi connectivity index (χ1) is 12.0. The van der Waals surface area contributed by atoms with Crippen LogP contribution in [0.1, 0.15) is 23.7 Å². The topological polar surface area (TPSA) is 88.2 Å². The quantitative estimate of drug-likeness (QED) is 0.750. The highest BCUT2D eigenvalue weighted by Gasteiger charge is 2.38. The number of amides is 2. The summed E-state index contributed by atoms with van der Waals surface area (Å²) in [5, 5.41) is 2.78. The lowest BCUT2D eigenvalue weighted by Gasteiger charge is -2.25. The average molecular weight is 347 g/mol. The van der Waals surface area contributed by atoms with Crippen LogP contribution >= 0.6 is 0 Å². The number of likely N-dealkylation sites (N-methyl/N-ethyl adjacent to an activating group) is 1. The van der Waals surface area contributed by atoms with Crippen molar-refractivity contribution in [3.63, 3.8) is 0 Å². The summed E-state index contributed by atoms with van der Waals surface area (Å²) in [7, 11) is 1.72. The van der Waals surface area contributed by atoms with Gasteiger partial charge >= 0.3 is 5.91 Å². The van der Waals surface area contributed by atoms with Crippen molar-refractivity contribution < 1.29 is 23.9 Å². The van der Waals surface area contributed by atoms with Gasteiger partial charge < -0.3 is 14.8 Å². The van der Waals surface area contributed by atoms with Gasteiger partial charge in [0, 0.05) is 12.6 Å². The van der Waals surface area contributed by atoms with Gasteiger partial charge in [0.15, 0.2) is 11.5 Å². The van der Waals surface area contributed by atoms with Crippen LogP contribution in [0.4, 0.5) is 5.69 Å². The molecule has 0 unspecified atom stereocenters. The third-order valence-corrected chi connectivity index (χ3v) is 4.00. The molecule has 2 aliphatic heterocycles. The summed E-state index contributed by atoms with van der Waals surface area (Å²) in [4.78, 5) is 39.4. The van der Waals surface area contributed by atoms with Crippen molar-refractivity contribution in [1.29, 1.82) is 0 Å². The van der Waals surface area contributed by atoms with Crippen LogP contribution in [-0.2, 0) is 9.59 Å². The zero-order chi connectivity index (χ0) is 18.0. The fraction of sp³-hybridized carbons (Fsp3) is 0.471. The summed E-state index contributed by atoms with van der Waals surface area (Å²) in [6.45, 7) is 3.69. The number of Topliss-reactive ketones (excluding diaryl/α,β-unsaturated/α-hetero) is 1. The van der Waals surface area contributed by atoms with Gasteiger partial charge in [-0.1, -0.05) is 6.92 Å². The van der Waals surface area contributed by atoms with Crippen LogP contribution in [0, 0.1) is 0 Å². The summed E-state index contributed by atoms with van der Waals surface area (Å²) < 4.78 is 11.0. The minimum Gasteiger partial charge on any atom is -0.486 e. The second-order valence-electron chi connectivity index (χ2n) is 6.08. The van der Waals surface area contributed by atoms with E-state index in [-0.39, 0.29) is 19.1 Å². The highest BCUT2D eigenvalue weighted by atomic mass is 16.6. The molecule has 0 aliphatic carbocycles. The number of carbonyl (C=O) groups is 3. The minimum atomic E-state index is -0.613. The molecule has 0 radical (unpaired) electrons. The van der Waals surface area contributed by atoms with Gasteiger partial charge in [-0.3, -0.25) is 24.2 Å². The maximum Gasteiger partial charge on any atom is 0.300 e. The van der Waals surface area contributed by atoms with Gasteiger partial charge in [-0.05, 0) is 19.5 Å². The van der Waals surface area contributed by atoms with Crippen molar-refractivity contribution in [3.8, 4) is 11.5 Å². The van der Waals surface area contributed by atoms with Crippen molar-refractivity contribution in [2.45, 2.75) is 13.3 Å². The zero-order valence-electron chi connectivity index (χ0n) is 14.3. The minimum absolute atomic E-state index is 0.121. The molecule has 2 heterocycles. The number of fused-ring (bicyclic) bond motifs is 2. The van der Waals surface area contributed by atoms with E-state index in [0.717, 1.165) is 6.42 Å². The molecular formula is C17H21N3O5. The maximum atomic E-state index is 12.3. The number of ether oxygens (including phenoxy) is 2. The Hall–Kier alpha value is -2.61. The molecule has 2 aliphatic rings. The van der Waals surface area contributed by atoms with Crippen LogP contribution < -0.4 is 19.7 Å². The Labute approximate surface area is 145 Å². The average Bonchev–Trinajstić information content (AvgIpc) is 2.82. The summed E-state index contributed by atoms with van der Waals surface area (Å²) in [5.41, 5.74) is 0.790. The Morgan fingerprint density at radius 1 is 1.24 bits per heavy atom. The molecule has 134 valence electrons. The number of nitrogens with zero attached hydrogens (tertiary/aromatic N) is 2. The Morgan fingerprint density at radius 3 is 2.60 bits per heavy atom. The number of ketones is 1. The van der Waals surface area contributed by atoms with Gasteiger partial charge in [0.25, 0.3) is 5.78 Å². The van der Waals surface area contributed by atoms with E-state index in [0.29, 0.717) is 42.5 Å². The second-order valence-corrected chi connectivity index (χ2v) is 6.08. The molecule has 1 aromatic carbocycles. The van der Waals surface area contributed by atoms with E-state index < -0.39 is 11.7 Å². The fourth-order valence-corrected chi connectivity index (χ4v) is 2.83. The molecule has 8 nitrogen and oxygen atoms in total. The molecule has 0 fully saturated rings. The molecule has 1 N–H and O–H groups in total. The van der Waals surface area contributed by atoms with Gasteiger partial charge in [0.2, 0.25) is 5.91 Å². The van der Waals surface area contributed by atoms with Crippen LogP contribution in [0.3, 0.4) is 0 Å². The van der Waals surface area contributed by atoms with Crippen molar-refractivity contribution >= 4 is 23.3 Å². The van der Waals surface area contributed by atoms with E-state index in [1.165, 1.54) is 4.90 Å². The smallest absolute Gasteiger partial charge is 0.300 e. The van der Waals surface area contributed by atoms with E-state index in [9.17, 15) is 14.4 Å². The lowest BCUT2D eigenvalue weighted by molar-refractivity contribution is -0.122. The molecule has 3 rings (SSSR count). The SMILES string of the molecule is CCCNC(=O)CN(C)CN1C(=O)C(=O)c2cc3c(cc21)OCCO3. The number of nitrogens with one attached hydrogen (secondary N) is 1. The van der Waals surface area contributed by atoms with Crippen molar-refractivity contribution in [1.82, 2.24) is 10.2 Å². The maximum absolute atomic E-state index is 12.3. The van der Waals surface area contributed by atoms with Crippen LogP contribution in [-0.4, -0.2) is 62.5 Å². The second kappa shape index (κ2) is 7.10. The molecule has 0 aromatic heterocycles. The van der Waals surface area contributed by atoms with Crippen LogP contribution in [0.25, 0.3) is 0 Å². The number of anilines is 1. The highest BCUT2D eigenvalue weighted by Crippen LogP contribution is 2.40. The largest absolute Gasteiger partial charge is 0.486 e. The van der Waals surface area contributed by atoms with Crippen molar-refractivity contribution in [2.24, 2.45) is 0 Å². The van der Waals surface area contributed by atoms with Crippen molar-refractivity contribution in [2.75, 3.05) is 44.9 Å². The molecule has 0 atom stereocenters. The van der Waals surface area contributed by atoms with E-state index in [1.54, 1.807) is 24.1 Å². The summed E-state index contributed by atoms with van der Waals surface area (Å²) in [6, 6.07) is 3.20. The van der Waals surface area contributed by atoms with Gasteiger partial charge in [0.1, 0.15) is 13.2 Å². The Kier molecular flexibility index (Phi) is 4.89. The first-order valence-corrected chi connectivity index (χ1v) is 8.26. The van der Waals surface area contributed by atoms with Gasteiger partial charge in [-0.2, -0.15) is 0 Å². The molecular weight excluding hydrogens is 326 g/mol. The monoisotopic (exact) mass is 347 g/mol. The summed E-state index contributed by atoms with van der Waals surface area (Å²) >= 11 is 0.